The molecule has 0 radical (unpaired) electrons. The van der Waals surface area contributed by atoms with E-state index in [9.17, 15) is 14.0 Å². The van der Waals surface area contributed by atoms with E-state index in [1.54, 1.807) is 37.4 Å². The summed E-state index contributed by atoms with van der Waals surface area (Å²) in [5.41, 5.74) is 1.35. The van der Waals surface area contributed by atoms with Crippen molar-refractivity contribution in [2.45, 2.75) is 19.9 Å². The molecule has 0 aliphatic carbocycles. The molecule has 6 nitrogen and oxygen atoms in total. The quantitative estimate of drug-likeness (QED) is 0.717. The maximum absolute atomic E-state index is 13.6. The van der Waals surface area contributed by atoms with Crippen molar-refractivity contribution in [1.82, 2.24) is 10.2 Å². The Kier molecular flexibility index (Phi) is 7.80. The zero-order valence-electron chi connectivity index (χ0n) is 16.3. The number of methoxy groups -OCH3 is 2. The molecule has 0 bridgehead atoms. The van der Waals surface area contributed by atoms with Crippen LogP contribution >= 0.6 is 0 Å². The number of hydrogen-bond acceptors (Lipinski definition) is 4. The first-order valence-electron chi connectivity index (χ1n) is 8.91. The van der Waals surface area contributed by atoms with Gasteiger partial charge < -0.3 is 19.7 Å². The minimum Gasteiger partial charge on any atom is -0.493 e. The number of benzene rings is 2. The first-order chi connectivity index (χ1) is 13.4. The highest BCUT2D eigenvalue weighted by Gasteiger charge is 2.15. The number of hydrogen-bond donors (Lipinski definition) is 1. The maximum Gasteiger partial charge on any atom is 0.239 e. The van der Waals surface area contributed by atoms with Crippen molar-refractivity contribution in [3.8, 4) is 11.5 Å². The van der Waals surface area contributed by atoms with Crippen molar-refractivity contribution in [3.63, 3.8) is 0 Å². The van der Waals surface area contributed by atoms with Crippen LogP contribution in [0.25, 0.3) is 0 Å². The van der Waals surface area contributed by atoms with Gasteiger partial charge in [0.05, 0.1) is 20.8 Å². The van der Waals surface area contributed by atoms with Crippen LogP contribution < -0.4 is 14.8 Å². The lowest BCUT2D eigenvalue weighted by atomic mass is 10.1. The van der Waals surface area contributed by atoms with Gasteiger partial charge in [0.15, 0.2) is 11.5 Å². The van der Waals surface area contributed by atoms with E-state index < -0.39 is 0 Å². The Morgan fingerprint density at radius 2 is 1.79 bits per heavy atom. The van der Waals surface area contributed by atoms with Crippen molar-refractivity contribution in [2.24, 2.45) is 0 Å². The van der Waals surface area contributed by atoms with Crippen molar-refractivity contribution in [2.75, 3.05) is 27.3 Å². The number of ether oxygens (including phenoxy) is 2. The number of nitrogens with one attached hydrogen (secondary N) is 1. The second kappa shape index (κ2) is 10.3. The van der Waals surface area contributed by atoms with Gasteiger partial charge in [0.2, 0.25) is 11.8 Å². The molecule has 1 N–H and O–H groups in total. The van der Waals surface area contributed by atoms with E-state index >= 15 is 0 Å². The second-order valence-electron chi connectivity index (χ2n) is 6.26. The zero-order chi connectivity index (χ0) is 20.5. The SMILES string of the molecule is COc1ccc(CN(CC(=O)NCCc2ccccc2F)C(C)=O)cc1OC. The monoisotopic (exact) mass is 388 g/mol. The average Bonchev–Trinajstić information content (AvgIpc) is 2.68. The Bertz CT molecular complexity index is 826. The summed E-state index contributed by atoms with van der Waals surface area (Å²) < 4.78 is 24.1. The number of nitrogens with zero attached hydrogens (tertiary/aromatic N) is 1. The van der Waals surface area contributed by atoms with Crippen molar-refractivity contribution in [1.29, 1.82) is 0 Å². The molecule has 2 aromatic rings. The standard InChI is InChI=1S/C21H25FN2O4/c1-15(25)24(13-16-8-9-19(27-2)20(12-16)28-3)14-21(26)23-11-10-17-6-4-5-7-18(17)22/h4-9,12H,10-11,13-14H2,1-3H3,(H,23,26). The molecular formula is C21H25FN2O4. The van der Waals surface area contributed by atoms with Crippen LogP contribution in [0.2, 0.25) is 0 Å². The van der Waals surface area contributed by atoms with Crippen LogP contribution in [0.4, 0.5) is 4.39 Å². The summed E-state index contributed by atoms with van der Waals surface area (Å²) >= 11 is 0. The molecule has 0 fully saturated rings. The van der Waals surface area contributed by atoms with E-state index in [1.807, 2.05) is 6.07 Å². The largest absolute Gasteiger partial charge is 0.493 e. The third-order valence-electron chi connectivity index (χ3n) is 4.28. The number of carbonyl (C=O) groups is 2. The van der Waals surface area contributed by atoms with Crippen LogP contribution in [0.1, 0.15) is 18.1 Å². The van der Waals surface area contributed by atoms with E-state index in [2.05, 4.69) is 5.32 Å². The maximum atomic E-state index is 13.6. The Balaban J connectivity index is 1.92. The molecule has 0 aliphatic rings. The Hall–Kier alpha value is -3.09. The molecular weight excluding hydrogens is 363 g/mol. The predicted molar refractivity (Wildman–Crippen MR) is 104 cm³/mol. The summed E-state index contributed by atoms with van der Waals surface area (Å²) in [6, 6.07) is 11.8. The minimum absolute atomic E-state index is 0.0824. The molecule has 0 unspecified atom stereocenters. The van der Waals surface area contributed by atoms with Gasteiger partial charge in [-0.25, -0.2) is 4.39 Å². The molecule has 7 heteroatoms. The summed E-state index contributed by atoms with van der Waals surface area (Å²) in [6.07, 6.45) is 0.383. The van der Waals surface area contributed by atoms with Crippen LogP contribution in [0, 0.1) is 5.82 Å². The Labute approximate surface area is 164 Å². The minimum atomic E-state index is -0.299. The normalized spacial score (nSPS) is 10.3. The highest BCUT2D eigenvalue weighted by atomic mass is 19.1. The first-order valence-corrected chi connectivity index (χ1v) is 8.91. The molecule has 2 amide bonds. The lowest BCUT2D eigenvalue weighted by Crippen LogP contribution is -2.40. The Morgan fingerprint density at radius 1 is 1.07 bits per heavy atom. The third-order valence-corrected chi connectivity index (χ3v) is 4.28. The Morgan fingerprint density at radius 3 is 2.43 bits per heavy atom. The third kappa shape index (κ3) is 5.97. The van der Waals surface area contributed by atoms with Gasteiger partial charge in [-0.05, 0) is 35.7 Å². The lowest BCUT2D eigenvalue weighted by Gasteiger charge is -2.21. The van der Waals surface area contributed by atoms with E-state index in [0.717, 1.165) is 5.56 Å². The fourth-order valence-electron chi connectivity index (χ4n) is 2.74. The van der Waals surface area contributed by atoms with E-state index in [4.69, 9.17) is 9.47 Å². The molecule has 150 valence electrons. The number of halogens is 1. The van der Waals surface area contributed by atoms with Crippen molar-refractivity contribution < 1.29 is 23.5 Å². The van der Waals surface area contributed by atoms with Gasteiger partial charge in [-0.15, -0.1) is 0 Å². The summed E-state index contributed by atoms with van der Waals surface area (Å²) in [4.78, 5) is 25.6. The molecule has 0 saturated carbocycles. The summed E-state index contributed by atoms with van der Waals surface area (Å²) in [7, 11) is 3.08. The van der Waals surface area contributed by atoms with E-state index in [1.165, 1.54) is 25.0 Å². The van der Waals surface area contributed by atoms with Crippen molar-refractivity contribution in [3.05, 3.63) is 59.4 Å². The first kappa shape index (κ1) is 21.2. The molecule has 0 spiro atoms. The van der Waals surface area contributed by atoms with Gasteiger partial charge in [0, 0.05) is 20.0 Å². The van der Waals surface area contributed by atoms with Gasteiger partial charge in [0.1, 0.15) is 5.82 Å². The highest BCUT2D eigenvalue weighted by molar-refractivity contribution is 5.83. The van der Waals surface area contributed by atoms with Gasteiger partial charge in [0.25, 0.3) is 0 Å². The summed E-state index contributed by atoms with van der Waals surface area (Å²) in [6.45, 7) is 1.88. The van der Waals surface area contributed by atoms with Gasteiger partial charge in [-0.3, -0.25) is 9.59 Å². The number of carbonyl (C=O) groups excluding carboxylic acids is 2. The number of rotatable bonds is 9. The predicted octanol–water partition coefficient (Wildman–Crippen LogP) is 2.55. The smallest absolute Gasteiger partial charge is 0.239 e. The second-order valence-corrected chi connectivity index (χ2v) is 6.26. The van der Waals surface area contributed by atoms with Crippen molar-refractivity contribution >= 4 is 11.8 Å². The van der Waals surface area contributed by atoms with Gasteiger partial charge in [-0.2, -0.15) is 0 Å². The van der Waals surface area contributed by atoms with Gasteiger partial charge in [-0.1, -0.05) is 24.3 Å². The fourth-order valence-corrected chi connectivity index (χ4v) is 2.74. The van der Waals surface area contributed by atoms with Crippen LogP contribution in [0.15, 0.2) is 42.5 Å². The molecule has 0 aliphatic heterocycles. The molecule has 2 rings (SSSR count). The van der Waals surface area contributed by atoms with Crippen LogP contribution in [-0.4, -0.2) is 44.0 Å². The van der Waals surface area contributed by atoms with Gasteiger partial charge >= 0.3 is 0 Å². The number of amides is 2. The van der Waals surface area contributed by atoms with Crippen LogP contribution in [0.5, 0.6) is 11.5 Å². The summed E-state index contributed by atoms with van der Waals surface area (Å²) in [5, 5.41) is 2.73. The molecule has 0 aromatic heterocycles. The molecule has 28 heavy (non-hydrogen) atoms. The van der Waals surface area contributed by atoms with Crippen LogP contribution in [0.3, 0.4) is 0 Å². The van der Waals surface area contributed by atoms with E-state index in [-0.39, 0.29) is 30.7 Å². The lowest BCUT2D eigenvalue weighted by molar-refractivity contribution is -0.134. The van der Waals surface area contributed by atoms with E-state index in [0.29, 0.717) is 30.0 Å². The highest BCUT2D eigenvalue weighted by Crippen LogP contribution is 2.28. The molecule has 0 heterocycles. The topological polar surface area (TPSA) is 67.9 Å². The summed E-state index contributed by atoms with van der Waals surface area (Å²) in [5.74, 6) is 0.325. The molecule has 0 atom stereocenters. The molecule has 2 aromatic carbocycles. The van der Waals surface area contributed by atoms with Crippen LogP contribution in [-0.2, 0) is 22.6 Å². The average molecular weight is 388 g/mol. The zero-order valence-corrected chi connectivity index (χ0v) is 16.3. The fraction of sp³-hybridized carbons (Fsp3) is 0.333. The molecule has 0 saturated heterocycles.